The number of ether oxygens (including phenoxy) is 1. The standard InChI is InChI=1S/C25H30N2O3/c1-4-26-24(28)17(3)30-21-12-11-18-13-14-27(25(29)20-9-10-20)23(22(18)15-21)19-7-5-16(2)6-8-19/h5-8,11-12,15,17,20,23H,4,9-10,13-14H2,1-3H3,(H,26,28)/t17-,23+/m1/s1. The molecule has 0 aromatic heterocycles. The van der Waals surface area contributed by atoms with Gasteiger partial charge in [-0.15, -0.1) is 0 Å². The predicted molar refractivity (Wildman–Crippen MR) is 116 cm³/mol. The van der Waals surface area contributed by atoms with Crippen molar-refractivity contribution >= 4 is 11.8 Å². The van der Waals surface area contributed by atoms with E-state index >= 15 is 0 Å². The minimum absolute atomic E-state index is 0.120. The van der Waals surface area contributed by atoms with Crippen molar-refractivity contribution in [2.24, 2.45) is 5.92 Å². The van der Waals surface area contributed by atoms with Gasteiger partial charge in [0.2, 0.25) is 5.91 Å². The fourth-order valence-corrected chi connectivity index (χ4v) is 4.15. The maximum atomic E-state index is 13.1. The van der Waals surface area contributed by atoms with Crippen LogP contribution in [0.2, 0.25) is 0 Å². The molecule has 0 bridgehead atoms. The number of aryl methyl sites for hydroxylation is 1. The number of carbonyl (C=O) groups is 2. The van der Waals surface area contributed by atoms with Crippen LogP contribution in [0, 0.1) is 12.8 Å². The van der Waals surface area contributed by atoms with Crippen molar-refractivity contribution in [2.75, 3.05) is 13.1 Å². The first-order valence-electron chi connectivity index (χ1n) is 10.9. The third-order valence-electron chi connectivity index (χ3n) is 5.98. The lowest BCUT2D eigenvalue weighted by Gasteiger charge is -2.38. The van der Waals surface area contributed by atoms with Gasteiger partial charge in [0.1, 0.15) is 5.75 Å². The number of hydrogen-bond donors (Lipinski definition) is 1. The van der Waals surface area contributed by atoms with Crippen molar-refractivity contribution in [1.82, 2.24) is 10.2 Å². The Bertz CT molecular complexity index is 934. The summed E-state index contributed by atoms with van der Waals surface area (Å²) in [6.45, 7) is 7.02. The molecule has 2 atom stereocenters. The molecular weight excluding hydrogens is 376 g/mol. The monoisotopic (exact) mass is 406 g/mol. The molecule has 0 saturated heterocycles. The van der Waals surface area contributed by atoms with E-state index in [2.05, 4.69) is 42.6 Å². The molecule has 5 heteroatoms. The highest BCUT2D eigenvalue weighted by molar-refractivity contribution is 5.82. The van der Waals surface area contributed by atoms with Gasteiger partial charge in [0.15, 0.2) is 6.10 Å². The molecule has 0 unspecified atom stereocenters. The molecule has 1 aliphatic heterocycles. The zero-order chi connectivity index (χ0) is 21.3. The van der Waals surface area contributed by atoms with Gasteiger partial charge in [0.05, 0.1) is 6.04 Å². The number of likely N-dealkylation sites (N-methyl/N-ethyl adjacent to an activating group) is 1. The normalized spacial score (nSPS) is 19.0. The lowest BCUT2D eigenvalue weighted by atomic mass is 9.87. The summed E-state index contributed by atoms with van der Waals surface area (Å²) in [6, 6.07) is 14.3. The maximum absolute atomic E-state index is 13.1. The van der Waals surface area contributed by atoms with E-state index in [1.54, 1.807) is 6.92 Å². The van der Waals surface area contributed by atoms with Gasteiger partial charge in [-0.2, -0.15) is 0 Å². The third-order valence-corrected chi connectivity index (χ3v) is 5.98. The van der Waals surface area contributed by atoms with E-state index in [-0.39, 0.29) is 23.8 Å². The molecule has 4 rings (SSSR count). The van der Waals surface area contributed by atoms with Crippen LogP contribution in [-0.2, 0) is 16.0 Å². The molecule has 2 aromatic rings. The zero-order valence-electron chi connectivity index (χ0n) is 18.0. The van der Waals surface area contributed by atoms with Crippen molar-refractivity contribution in [3.63, 3.8) is 0 Å². The molecule has 2 aromatic carbocycles. The second kappa shape index (κ2) is 8.50. The minimum atomic E-state index is -0.575. The molecule has 2 aliphatic rings. The summed E-state index contributed by atoms with van der Waals surface area (Å²) >= 11 is 0. The Kier molecular flexibility index (Phi) is 5.80. The van der Waals surface area contributed by atoms with Crippen LogP contribution < -0.4 is 10.1 Å². The molecule has 1 heterocycles. The third kappa shape index (κ3) is 4.20. The van der Waals surface area contributed by atoms with E-state index < -0.39 is 6.10 Å². The summed E-state index contributed by atoms with van der Waals surface area (Å²) in [5.41, 5.74) is 4.64. The summed E-state index contributed by atoms with van der Waals surface area (Å²) in [4.78, 5) is 27.2. The van der Waals surface area contributed by atoms with Gasteiger partial charge in [-0.1, -0.05) is 35.9 Å². The fraction of sp³-hybridized carbons (Fsp3) is 0.440. The summed E-state index contributed by atoms with van der Waals surface area (Å²) in [5.74, 6) is 0.964. The lowest BCUT2D eigenvalue weighted by molar-refractivity contribution is -0.134. The smallest absolute Gasteiger partial charge is 0.260 e. The van der Waals surface area contributed by atoms with Crippen molar-refractivity contribution in [2.45, 2.75) is 52.2 Å². The Morgan fingerprint density at radius 3 is 2.57 bits per heavy atom. The first-order valence-corrected chi connectivity index (χ1v) is 10.9. The molecule has 1 N–H and O–H groups in total. The predicted octanol–water partition coefficient (Wildman–Crippen LogP) is 3.78. The average Bonchev–Trinajstić information content (AvgIpc) is 3.58. The number of hydrogen-bond acceptors (Lipinski definition) is 3. The highest BCUT2D eigenvalue weighted by Gasteiger charge is 2.39. The van der Waals surface area contributed by atoms with Gasteiger partial charge >= 0.3 is 0 Å². The number of nitrogens with zero attached hydrogens (tertiary/aromatic N) is 1. The quantitative estimate of drug-likeness (QED) is 0.794. The van der Waals surface area contributed by atoms with Crippen LogP contribution in [-0.4, -0.2) is 35.9 Å². The van der Waals surface area contributed by atoms with Crippen molar-refractivity contribution in [1.29, 1.82) is 0 Å². The molecule has 5 nitrogen and oxygen atoms in total. The van der Waals surface area contributed by atoms with E-state index in [1.165, 1.54) is 11.1 Å². The molecule has 1 saturated carbocycles. The van der Waals surface area contributed by atoms with Crippen LogP contribution in [0.15, 0.2) is 42.5 Å². The van der Waals surface area contributed by atoms with Crippen LogP contribution in [0.5, 0.6) is 5.75 Å². The van der Waals surface area contributed by atoms with Crippen LogP contribution >= 0.6 is 0 Å². The number of rotatable bonds is 6. The van der Waals surface area contributed by atoms with E-state index in [1.807, 2.05) is 24.0 Å². The largest absolute Gasteiger partial charge is 0.481 e. The van der Waals surface area contributed by atoms with E-state index in [0.29, 0.717) is 12.3 Å². The lowest BCUT2D eigenvalue weighted by Crippen LogP contribution is -2.41. The second-order valence-corrected chi connectivity index (χ2v) is 8.38. The molecular formula is C25H30N2O3. The van der Waals surface area contributed by atoms with Gasteiger partial charge in [-0.25, -0.2) is 0 Å². The summed E-state index contributed by atoms with van der Waals surface area (Å²) < 4.78 is 5.94. The van der Waals surface area contributed by atoms with Crippen molar-refractivity contribution in [3.05, 3.63) is 64.7 Å². The molecule has 1 fully saturated rings. The van der Waals surface area contributed by atoms with Crippen LogP contribution in [0.1, 0.15) is 55.0 Å². The highest BCUT2D eigenvalue weighted by atomic mass is 16.5. The number of carbonyl (C=O) groups excluding carboxylic acids is 2. The van der Waals surface area contributed by atoms with Crippen LogP contribution in [0.3, 0.4) is 0 Å². The molecule has 1 aliphatic carbocycles. The van der Waals surface area contributed by atoms with E-state index in [9.17, 15) is 9.59 Å². The highest BCUT2D eigenvalue weighted by Crippen LogP contribution is 2.41. The molecule has 2 amide bonds. The Morgan fingerprint density at radius 1 is 1.17 bits per heavy atom. The van der Waals surface area contributed by atoms with Gasteiger partial charge in [0, 0.05) is 19.0 Å². The van der Waals surface area contributed by atoms with Crippen molar-refractivity contribution < 1.29 is 14.3 Å². The number of amides is 2. The van der Waals surface area contributed by atoms with Gasteiger partial charge in [-0.3, -0.25) is 9.59 Å². The fourth-order valence-electron chi connectivity index (χ4n) is 4.15. The Labute approximate surface area is 178 Å². The van der Waals surface area contributed by atoms with E-state index in [0.717, 1.165) is 36.9 Å². The first-order chi connectivity index (χ1) is 14.5. The molecule has 30 heavy (non-hydrogen) atoms. The minimum Gasteiger partial charge on any atom is -0.481 e. The van der Waals surface area contributed by atoms with Gasteiger partial charge < -0.3 is 15.0 Å². The Balaban J connectivity index is 1.69. The molecule has 158 valence electrons. The van der Waals surface area contributed by atoms with Crippen LogP contribution in [0.25, 0.3) is 0 Å². The molecule has 0 radical (unpaired) electrons. The number of nitrogens with one attached hydrogen (secondary N) is 1. The Morgan fingerprint density at radius 2 is 1.90 bits per heavy atom. The second-order valence-electron chi connectivity index (χ2n) is 8.38. The van der Waals surface area contributed by atoms with Gasteiger partial charge in [-0.05, 0) is 68.9 Å². The van der Waals surface area contributed by atoms with Gasteiger partial charge in [0.25, 0.3) is 5.91 Å². The average molecular weight is 407 g/mol. The maximum Gasteiger partial charge on any atom is 0.260 e. The summed E-state index contributed by atoms with van der Waals surface area (Å²) in [6.07, 6.45) is 2.25. The Hall–Kier alpha value is -2.82. The summed E-state index contributed by atoms with van der Waals surface area (Å²) in [5, 5.41) is 2.79. The molecule has 0 spiro atoms. The number of benzene rings is 2. The SMILES string of the molecule is CCNC(=O)[C@@H](C)Oc1ccc2c(c1)[C@H](c1ccc(C)cc1)N(C(=O)C1CC1)CC2. The topological polar surface area (TPSA) is 58.6 Å². The first kappa shape index (κ1) is 20.5. The van der Waals surface area contributed by atoms with Crippen molar-refractivity contribution in [3.8, 4) is 5.75 Å². The zero-order valence-corrected chi connectivity index (χ0v) is 18.0. The van der Waals surface area contributed by atoms with Crippen LogP contribution in [0.4, 0.5) is 0 Å². The number of fused-ring (bicyclic) bond motifs is 1. The van der Waals surface area contributed by atoms with E-state index in [4.69, 9.17) is 4.74 Å². The summed E-state index contributed by atoms with van der Waals surface area (Å²) in [7, 11) is 0.